The zero-order valence-corrected chi connectivity index (χ0v) is 11.8. The van der Waals surface area contributed by atoms with Crippen molar-refractivity contribution in [3.8, 4) is 0 Å². The van der Waals surface area contributed by atoms with Crippen molar-refractivity contribution in [2.75, 3.05) is 5.32 Å². The average molecular weight is 295 g/mol. The van der Waals surface area contributed by atoms with Gasteiger partial charge in [0.15, 0.2) is 5.69 Å². The van der Waals surface area contributed by atoms with Gasteiger partial charge in [0, 0.05) is 12.7 Å². The number of fused-ring (bicyclic) bond motifs is 1. The van der Waals surface area contributed by atoms with Crippen molar-refractivity contribution < 1.29 is 13.2 Å². The zero-order valence-electron chi connectivity index (χ0n) is 11.8. The quantitative estimate of drug-likeness (QED) is 0.859. The molecule has 0 fully saturated rings. The minimum absolute atomic E-state index is 0.000263. The van der Waals surface area contributed by atoms with Crippen molar-refractivity contribution in [3.05, 3.63) is 46.8 Å². The average Bonchev–Trinajstić information content (AvgIpc) is 2.85. The van der Waals surface area contributed by atoms with Gasteiger partial charge >= 0.3 is 6.18 Å². The Bertz CT molecular complexity index is 673. The number of halogens is 3. The van der Waals surface area contributed by atoms with Crippen LogP contribution in [0.4, 0.5) is 19.1 Å². The fourth-order valence-electron chi connectivity index (χ4n) is 2.57. The summed E-state index contributed by atoms with van der Waals surface area (Å²) in [6.45, 7) is 4.60. The van der Waals surface area contributed by atoms with Gasteiger partial charge in [-0.3, -0.25) is 0 Å². The van der Waals surface area contributed by atoms with Gasteiger partial charge in [0.1, 0.15) is 0 Å². The number of anilines is 1. The Kier molecular flexibility index (Phi) is 3.19. The van der Waals surface area contributed by atoms with Crippen LogP contribution in [0.15, 0.2) is 24.4 Å². The highest BCUT2D eigenvalue weighted by Gasteiger charge is 2.36. The molecule has 2 aromatic rings. The van der Waals surface area contributed by atoms with Gasteiger partial charge < -0.3 is 9.88 Å². The highest BCUT2D eigenvalue weighted by molar-refractivity contribution is 5.40. The van der Waals surface area contributed by atoms with Crippen LogP contribution in [0.2, 0.25) is 0 Å². The van der Waals surface area contributed by atoms with Gasteiger partial charge in [-0.2, -0.15) is 13.2 Å². The molecule has 21 heavy (non-hydrogen) atoms. The standard InChI is InChI=1S/C15H16F3N3/c1-9-3-4-11(7-10(9)2)12-5-6-21-8-13(15(16,17)18)20-14(21)19-12/h3-4,7-8,12H,5-6H2,1-2H3,(H,19,20). The maximum Gasteiger partial charge on any atom is 0.434 e. The van der Waals surface area contributed by atoms with Crippen molar-refractivity contribution in [2.45, 2.75) is 39.0 Å². The lowest BCUT2D eigenvalue weighted by Crippen LogP contribution is -2.22. The van der Waals surface area contributed by atoms with Gasteiger partial charge in [-0.05, 0) is 37.0 Å². The summed E-state index contributed by atoms with van der Waals surface area (Å²) in [5.41, 5.74) is 2.63. The zero-order chi connectivity index (χ0) is 15.2. The first-order valence-corrected chi connectivity index (χ1v) is 6.82. The van der Waals surface area contributed by atoms with Gasteiger partial charge in [0.25, 0.3) is 0 Å². The van der Waals surface area contributed by atoms with Gasteiger partial charge in [0.2, 0.25) is 5.95 Å². The van der Waals surface area contributed by atoms with E-state index in [1.54, 1.807) is 0 Å². The third kappa shape index (κ3) is 2.62. The summed E-state index contributed by atoms with van der Waals surface area (Å²) >= 11 is 0. The summed E-state index contributed by atoms with van der Waals surface area (Å²) < 4.78 is 39.6. The molecule has 1 aromatic carbocycles. The van der Waals surface area contributed by atoms with E-state index in [0.717, 1.165) is 18.2 Å². The molecule has 1 aliphatic heterocycles. The molecule has 0 radical (unpaired) electrons. The molecular weight excluding hydrogens is 279 g/mol. The summed E-state index contributed by atoms with van der Waals surface area (Å²) in [4.78, 5) is 3.66. The lowest BCUT2D eigenvalue weighted by molar-refractivity contribution is -0.140. The summed E-state index contributed by atoms with van der Waals surface area (Å²) in [5, 5.41) is 3.10. The molecule has 0 aliphatic carbocycles. The van der Waals surface area contributed by atoms with Crippen molar-refractivity contribution in [1.82, 2.24) is 9.55 Å². The number of aromatic nitrogens is 2. The summed E-state index contributed by atoms with van der Waals surface area (Å²) in [5.74, 6) is 0.289. The van der Waals surface area contributed by atoms with Crippen LogP contribution in [-0.4, -0.2) is 9.55 Å². The molecule has 2 heterocycles. The number of benzene rings is 1. The van der Waals surface area contributed by atoms with Crippen molar-refractivity contribution in [2.24, 2.45) is 0 Å². The van der Waals surface area contributed by atoms with Crippen LogP contribution in [0.25, 0.3) is 0 Å². The first-order valence-electron chi connectivity index (χ1n) is 6.82. The number of alkyl halides is 3. The molecule has 1 atom stereocenters. The van der Waals surface area contributed by atoms with E-state index in [2.05, 4.69) is 16.4 Å². The van der Waals surface area contributed by atoms with Crippen LogP contribution < -0.4 is 5.32 Å². The Morgan fingerprint density at radius 2 is 2.00 bits per heavy atom. The van der Waals surface area contributed by atoms with Crippen molar-refractivity contribution in [1.29, 1.82) is 0 Å². The molecule has 112 valence electrons. The predicted octanol–water partition coefficient (Wildman–Crippen LogP) is 4.08. The van der Waals surface area contributed by atoms with Gasteiger partial charge in [-0.15, -0.1) is 0 Å². The molecule has 1 aliphatic rings. The highest BCUT2D eigenvalue weighted by Crippen LogP contribution is 2.34. The van der Waals surface area contributed by atoms with Crippen LogP contribution >= 0.6 is 0 Å². The van der Waals surface area contributed by atoms with E-state index in [0.29, 0.717) is 6.54 Å². The van der Waals surface area contributed by atoms with Crippen LogP contribution in [0.5, 0.6) is 0 Å². The summed E-state index contributed by atoms with van der Waals surface area (Å²) in [7, 11) is 0. The topological polar surface area (TPSA) is 29.9 Å². The second-order valence-corrected chi connectivity index (χ2v) is 5.47. The predicted molar refractivity (Wildman–Crippen MR) is 74.1 cm³/mol. The Hall–Kier alpha value is -1.98. The van der Waals surface area contributed by atoms with Crippen molar-refractivity contribution in [3.63, 3.8) is 0 Å². The molecule has 0 saturated carbocycles. The fourth-order valence-corrected chi connectivity index (χ4v) is 2.57. The largest absolute Gasteiger partial charge is 0.434 e. The van der Waals surface area contributed by atoms with E-state index >= 15 is 0 Å². The molecule has 0 spiro atoms. The number of aryl methyl sites for hydroxylation is 3. The van der Waals surface area contributed by atoms with Gasteiger partial charge in [-0.25, -0.2) is 4.98 Å². The minimum atomic E-state index is -4.40. The molecule has 6 heteroatoms. The van der Waals surface area contributed by atoms with E-state index in [4.69, 9.17) is 0 Å². The molecule has 3 rings (SSSR count). The molecular formula is C15H16F3N3. The first kappa shape index (κ1) is 14.0. The molecule has 0 amide bonds. The van der Waals surface area contributed by atoms with Crippen LogP contribution in [-0.2, 0) is 12.7 Å². The van der Waals surface area contributed by atoms with E-state index < -0.39 is 11.9 Å². The summed E-state index contributed by atoms with van der Waals surface area (Å²) in [6, 6.07) is 6.13. The van der Waals surface area contributed by atoms with Crippen LogP contribution in [0, 0.1) is 13.8 Å². The first-order chi connectivity index (χ1) is 9.84. The lowest BCUT2D eigenvalue weighted by Gasteiger charge is -2.26. The Balaban J connectivity index is 1.87. The summed E-state index contributed by atoms with van der Waals surface area (Å²) in [6.07, 6.45) is -2.59. The Morgan fingerprint density at radius 1 is 1.24 bits per heavy atom. The number of imidazole rings is 1. The molecule has 1 aromatic heterocycles. The maximum absolute atomic E-state index is 12.7. The SMILES string of the molecule is Cc1ccc(C2CCn3cc(C(F)(F)F)nc3N2)cc1C. The number of nitrogens with one attached hydrogen (secondary N) is 1. The normalized spacial score (nSPS) is 18.2. The molecule has 0 saturated heterocycles. The van der Waals surface area contributed by atoms with E-state index in [-0.39, 0.29) is 12.0 Å². The van der Waals surface area contributed by atoms with Gasteiger partial charge in [-0.1, -0.05) is 18.2 Å². The van der Waals surface area contributed by atoms with E-state index in [1.165, 1.54) is 15.7 Å². The van der Waals surface area contributed by atoms with Crippen molar-refractivity contribution >= 4 is 5.95 Å². The minimum Gasteiger partial charge on any atom is -0.349 e. The molecule has 1 unspecified atom stereocenters. The monoisotopic (exact) mass is 295 g/mol. The van der Waals surface area contributed by atoms with Gasteiger partial charge in [0.05, 0.1) is 6.04 Å². The number of hydrogen-bond acceptors (Lipinski definition) is 2. The third-order valence-corrected chi connectivity index (χ3v) is 3.96. The Morgan fingerprint density at radius 3 is 2.67 bits per heavy atom. The third-order valence-electron chi connectivity index (χ3n) is 3.96. The lowest BCUT2D eigenvalue weighted by atomic mass is 9.98. The maximum atomic E-state index is 12.7. The van der Waals surface area contributed by atoms with Crippen LogP contribution in [0.1, 0.15) is 34.8 Å². The second-order valence-electron chi connectivity index (χ2n) is 5.47. The number of nitrogens with zero attached hydrogens (tertiary/aromatic N) is 2. The highest BCUT2D eigenvalue weighted by atomic mass is 19.4. The molecule has 3 nitrogen and oxygen atoms in total. The number of hydrogen-bond donors (Lipinski definition) is 1. The smallest absolute Gasteiger partial charge is 0.349 e. The molecule has 1 N–H and O–H groups in total. The molecule has 0 bridgehead atoms. The van der Waals surface area contributed by atoms with E-state index in [1.807, 2.05) is 26.0 Å². The van der Waals surface area contributed by atoms with E-state index in [9.17, 15) is 13.2 Å². The Labute approximate surface area is 120 Å². The van der Waals surface area contributed by atoms with Crippen LogP contribution in [0.3, 0.4) is 0 Å². The fraction of sp³-hybridized carbons (Fsp3) is 0.400. The second kappa shape index (κ2) is 4.79. The number of rotatable bonds is 1.